The molecule has 0 aromatic heterocycles. The fourth-order valence-electron chi connectivity index (χ4n) is 4.84. The number of ether oxygens (including phenoxy) is 1. The van der Waals surface area contributed by atoms with Crippen molar-refractivity contribution in [1.29, 1.82) is 0 Å². The minimum absolute atomic E-state index is 0.535. The molecule has 0 bridgehead atoms. The van der Waals surface area contributed by atoms with Gasteiger partial charge in [-0.05, 0) is 43.3 Å². The molecule has 2 nitrogen and oxygen atoms in total. The average Bonchev–Trinajstić information content (AvgIpc) is 3.35. The SMILES string of the molecule is CC1=C(C#Cc2ccccc2)c2ccccc2O[C@]1(c1ccccc1)[NH+]1CCCC1. The van der Waals surface area contributed by atoms with Crippen molar-refractivity contribution >= 4 is 5.57 Å². The van der Waals surface area contributed by atoms with E-state index in [2.05, 4.69) is 85.5 Å². The Morgan fingerprint density at radius 2 is 1.40 bits per heavy atom. The third kappa shape index (κ3) is 3.12. The van der Waals surface area contributed by atoms with E-state index in [0.29, 0.717) is 0 Å². The third-order valence-electron chi connectivity index (χ3n) is 6.31. The van der Waals surface area contributed by atoms with E-state index in [9.17, 15) is 0 Å². The molecule has 5 rings (SSSR count). The van der Waals surface area contributed by atoms with Gasteiger partial charge in [0, 0.05) is 29.5 Å². The van der Waals surface area contributed by atoms with E-state index in [-0.39, 0.29) is 0 Å². The molecule has 2 heteroatoms. The number of benzene rings is 3. The first-order valence-corrected chi connectivity index (χ1v) is 10.8. The van der Waals surface area contributed by atoms with Crippen LogP contribution in [0.3, 0.4) is 0 Å². The molecule has 0 aliphatic carbocycles. The number of likely N-dealkylation sites (tertiary alicyclic amines) is 1. The van der Waals surface area contributed by atoms with Crippen molar-refractivity contribution in [2.75, 3.05) is 13.1 Å². The second-order valence-electron chi connectivity index (χ2n) is 8.07. The van der Waals surface area contributed by atoms with Gasteiger partial charge in [0.05, 0.1) is 24.2 Å². The van der Waals surface area contributed by atoms with Gasteiger partial charge in [0.25, 0.3) is 5.72 Å². The zero-order chi connectivity index (χ0) is 20.4. The Hall–Kier alpha value is -3.28. The summed E-state index contributed by atoms with van der Waals surface area (Å²) < 4.78 is 6.92. The van der Waals surface area contributed by atoms with Gasteiger partial charge in [0.15, 0.2) is 0 Å². The van der Waals surface area contributed by atoms with Crippen LogP contribution in [0.15, 0.2) is 90.5 Å². The summed E-state index contributed by atoms with van der Waals surface area (Å²) in [5.41, 5.74) is 5.07. The Labute approximate surface area is 178 Å². The van der Waals surface area contributed by atoms with E-state index in [1.54, 1.807) is 0 Å². The lowest BCUT2D eigenvalue weighted by Gasteiger charge is -2.42. The van der Waals surface area contributed by atoms with Crippen molar-refractivity contribution in [3.05, 3.63) is 107 Å². The molecule has 30 heavy (non-hydrogen) atoms. The van der Waals surface area contributed by atoms with Gasteiger partial charge in [-0.2, -0.15) is 0 Å². The molecule has 0 spiro atoms. The lowest BCUT2D eigenvalue weighted by Crippen LogP contribution is -3.18. The van der Waals surface area contributed by atoms with Gasteiger partial charge in [0.1, 0.15) is 5.75 Å². The topological polar surface area (TPSA) is 13.7 Å². The lowest BCUT2D eigenvalue weighted by atomic mass is 9.84. The summed E-state index contributed by atoms with van der Waals surface area (Å²) in [5, 5.41) is 0. The number of hydrogen-bond donors (Lipinski definition) is 1. The summed E-state index contributed by atoms with van der Waals surface area (Å²) in [4.78, 5) is 1.47. The van der Waals surface area contributed by atoms with Gasteiger partial charge < -0.3 is 4.74 Å². The normalized spacial score (nSPS) is 20.8. The minimum atomic E-state index is -0.535. The maximum atomic E-state index is 6.92. The number of allylic oxidation sites excluding steroid dienone is 1. The standard InChI is InChI=1S/C28H25NO/c1-22-25(19-18-23-12-4-2-5-13-23)26-16-8-9-17-27(26)30-28(22,29-20-10-11-21-29)24-14-6-3-7-15-24/h2-9,12-17H,10-11,20-21H2,1H3/p+1/t28-/m1/s1. The minimum Gasteiger partial charge on any atom is -0.432 e. The monoisotopic (exact) mass is 392 g/mol. The third-order valence-corrected chi connectivity index (χ3v) is 6.31. The molecular weight excluding hydrogens is 366 g/mol. The Balaban J connectivity index is 1.75. The van der Waals surface area contributed by atoms with E-state index < -0.39 is 5.72 Å². The summed E-state index contributed by atoms with van der Waals surface area (Å²) in [6.45, 7) is 4.42. The van der Waals surface area contributed by atoms with Crippen LogP contribution in [0.5, 0.6) is 5.75 Å². The van der Waals surface area contributed by atoms with Crippen molar-refractivity contribution in [3.63, 3.8) is 0 Å². The van der Waals surface area contributed by atoms with Crippen molar-refractivity contribution in [3.8, 4) is 17.6 Å². The molecule has 1 atom stereocenters. The van der Waals surface area contributed by atoms with Crippen molar-refractivity contribution < 1.29 is 9.64 Å². The highest BCUT2D eigenvalue weighted by Gasteiger charge is 2.51. The molecule has 1 N–H and O–H groups in total. The van der Waals surface area contributed by atoms with Crippen LogP contribution in [-0.4, -0.2) is 13.1 Å². The molecule has 1 fully saturated rings. The fourth-order valence-corrected chi connectivity index (χ4v) is 4.84. The van der Waals surface area contributed by atoms with E-state index in [0.717, 1.165) is 35.5 Å². The fraction of sp³-hybridized carbons (Fsp3) is 0.214. The molecule has 1 saturated heterocycles. The number of para-hydroxylation sites is 1. The maximum absolute atomic E-state index is 6.92. The quantitative estimate of drug-likeness (QED) is 0.637. The highest BCUT2D eigenvalue weighted by atomic mass is 16.5. The van der Waals surface area contributed by atoms with Gasteiger partial charge in [-0.25, -0.2) is 0 Å². The van der Waals surface area contributed by atoms with Gasteiger partial charge in [-0.1, -0.05) is 60.4 Å². The number of nitrogens with one attached hydrogen (secondary N) is 1. The summed E-state index contributed by atoms with van der Waals surface area (Å²) in [6.07, 6.45) is 2.46. The first-order valence-electron chi connectivity index (χ1n) is 10.8. The van der Waals surface area contributed by atoms with Crippen molar-refractivity contribution in [2.45, 2.75) is 25.5 Å². The molecule has 0 radical (unpaired) electrons. The predicted molar refractivity (Wildman–Crippen MR) is 121 cm³/mol. The lowest BCUT2D eigenvalue weighted by molar-refractivity contribution is -0.966. The molecule has 2 aliphatic heterocycles. The molecule has 2 heterocycles. The van der Waals surface area contributed by atoms with E-state index >= 15 is 0 Å². The summed E-state index contributed by atoms with van der Waals surface area (Å²) in [5.74, 6) is 7.84. The number of rotatable bonds is 2. The summed E-state index contributed by atoms with van der Waals surface area (Å²) in [6, 6.07) is 29.2. The zero-order valence-electron chi connectivity index (χ0n) is 17.3. The highest BCUT2D eigenvalue weighted by Crippen LogP contribution is 2.43. The Morgan fingerprint density at radius 1 is 0.767 bits per heavy atom. The van der Waals surface area contributed by atoms with Crippen LogP contribution >= 0.6 is 0 Å². The van der Waals surface area contributed by atoms with E-state index in [4.69, 9.17) is 4.74 Å². The number of quaternary nitrogens is 1. The molecule has 0 saturated carbocycles. The molecular formula is C28H26NO+. The number of fused-ring (bicyclic) bond motifs is 1. The summed E-state index contributed by atoms with van der Waals surface area (Å²) >= 11 is 0. The average molecular weight is 393 g/mol. The smallest absolute Gasteiger partial charge is 0.292 e. The maximum Gasteiger partial charge on any atom is 0.292 e. The molecule has 148 valence electrons. The van der Waals surface area contributed by atoms with Crippen molar-refractivity contribution in [1.82, 2.24) is 0 Å². The number of hydrogen-bond acceptors (Lipinski definition) is 1. The van der Waals surface area contributed by atoms with Crippen LogP contribution in [0.2, 0.25) is 0 Å². The molecule has 3 aromatic carbocycles. The first-order chi connectivity index (χ1) is 14.8. The largest absolute Gasteiger partial charge is 0.432 e. The van der Waals surface area contributed by atoms with Crippen LogP contribution < -0.4 is 9.64 Å². The van der Waals surface area contributed by atoms with E-state index in [1.165, 1.54) is 28.9 Å². The van der Waals surface area contributed by atoms with Gasteiger partial charge in [0.2, 0.25) is 0 Å². The van der Waals surface area contributed by atoms with Crippen LogP contribution in [0.25, 0.3) is 5.57 Å². The van der Waals surface area contributed by atoms with Crippen LogP contribution in [0.1, 0.15) is 36.5 Å². The second kappa shape index (κ2) is 7.86. The Bertz CT molecular complexity index is 1130. The first kappa shape index (κ1) is 18.7. The summed E-state index contributed by atoms with van der Waals surface area (Å²) in [7, 11) is 0. The van der Waals surface area contributed by atoms with E-state index in [1.807, 2.05) is 18.2 Å². The Kier molecular flexibility index (Phi) is 4.91. The van der Waals surface area contributed by atoms with Crippen LogP contribution in [0, 0.1) is 11.8 Å². The van der Waals surface area contributed by atoms with Crippen LogP contribution in [0.4, 0.5) is 0 Å². The Morgan fingerprint density at radius 3 is 2.13 bits per heavy atom. The molecule has 0 amide bonds. The zero-order valence-corrected chi connectivity index (χ0v) is 17.3. The van der Waals surface area contributed by atoms with Crippen LogP contribution in [-0.2, 0) is 5.72 Å². The van der Waals surface area contributed by atoms with Gasteiger partial charge in [-0.3, -0.25) is 4.90 Å². The van der Waals surface area contributed by atoms with Gasteiger partial charge >= 0.3 is 0 Å². The molecule has 2 aliphatic rings. The van der Waals surface area contributed by atoms with Gasteiger partial charge in [-0.15, -0.1) is 0 Å². The second-order valence-corrected chi connectivity index (χ2v) is 8.07. The molecule has 0 unspecified atom stereocenters. The van der Waals surface area contributed by atoms with Crippen molar-refractivity contribution in [2.24, 2.45) is 0 Å². The highest BCUT2D eigenvalue weighted by molar-refractivity contribution is 5.87. The molecule has 3 aromatic rings. The predicted octanol–water partition coefficient (Wildman–Crippen LogP) is 4.44.